The number of sulfonamides is 1. The Morgan fingerprint density at radius 3 is 2.19 bits per heavy atom. The Bertz CT molecular complexity index is 1490. The molecule has 4 amide bonds. The van der Waals surface area contributed by atoms with Crippen LogP contribution in [-0.2, 0) is 24.4 Å². The number of carbonyl (C=O) groups is 4. The molecule has 1 heterocycles. The fourth-order valence-corrected chi connectivity index (χ4v) is 5.65. The smallest absolute Gasteiger partial charge is 0.326 e. The number of carbonyl (C=O) groups excluding carboxylic acids is 4. The number of ether oxygens (including phenoxy) is 2. The second-order valence-corrected chi connectivity index (χ2v) is 13.4. The number of anilines is 2. The maximum atomic E-state index is 13.9. The number of methoxy groups -OCH3 is 1. The molecule has 0 bridgehead atoms. The highest BCUT2D eigenvalue weighted by atomic mass is 32.2. The average Bonchev–Trinajstić information content (AvgIpc) is 3.13. The second-order valence-electron chi connectivity index (χ2n) is 11.6. The van der Waals surface area contributed by atoms with E-state index in [0.29, 0.717) is 30.0 Å². The Hall–Kier alpha value is -4.13. The lowest BCUT2D eigenvalue weighted by Gasteiger charge is -2.32. The largest absolute Gasteiger partial charge is 0.497 e. The molecule has 1 saturated heterocycles. The molecule has 2 fully saturated rings. The molecule has 2 aliphatic rings. The maximum absolute atomic E-state index is 13.9. The topological polar surface area (TPSA) is 160 Å². The lowest BCUT2D eigenvalue weighted by Crippen LogP contribution is -2.56. The second kappa shape index (κ2) is 11.6. The number of rotatable bonds is 9. The van der Waals surface area contributed by atoms with Gasteiger partial charge in [-0.2, -0.15) is 0 Å². The van der Waals surface area contributed by atoms with Gasteiger partial charge in [0.05, 0.1) is 19.1 Å². The Labute approximate surface area is 245 Å². The van der Waals surface area contributed by atoms with E-state index in [9.17, 15) is 27.6 Å². The van der Waals surface area contributed by atoms with Crippen LogP contribution in [0.1, 0.15) is 52.9 Å². The van der Waals surface area contributed by atoms with Crippen molar-refractivity contribution in [3.63, 3.8) is 0 Å². The molecule has 3 N–H and O–H groups in total. The number of hydrogen-bond acceptors (Lipinski definition) is 8. The number of amides is 4. The van der Waals surface area contributed by atoms with E-state index in [1.54, 1.807) is 32.9 Å². The molecule has 1 unspecified atom stereocenters. The fraction of sp³-hybridized carbons (Fsp3) is 0.448. The first-order valence-electron chi connectivity index (χ1n) is 13.6. The zero-order valence-corrected chi connectivity index (χ0v) is 25.1. The molecule has 2 aromatic rings. The van der Waals surface area contributed by atoms with Crippen molar-refractivity contribution in [2.24, 2.45) is 5.41 Å². The number of benzene rings is 2. The Morgan fingerprint density at radius 2 is 1.62 bits per heavy atom. The van der Waals surface area contributed by atoms with E-state index in [1.807, 2.05) is 0 Å². The third kappa shape index (κ3) is 6.67. The van der Waals surface area contributed by atoms with Gasteiger partial charge in [0.15, 0.2) is 17.6 Å². The van der Waals surface area contributed by atoms with Gasteiger partial charge in [-0.3, -0.25) is 19.1 Å². The van der Waals surface area contributed by atoms with Crippen molar-refractivity contribution in [1.29, 1.82) is 0 Å². The predicted molar refractivity (Wildman–Crippen MR) is 156 cm³/mol. The van der Waals surface area contributed by atoms with Gasteiger partial charge in [0.25, 0.3) is 11.8 Å². The van der Waals surface area contributed by atoms with E-state index < -0.39 is 50.6 Å². The van der Waals surface area contributed by atoms with Crippen molar-refractivity contribution in [3.8, 4) is 17.2 Å². The van der Waals surface area contributed by atoms with E-state index in [2.05, 4.69) is 15.4 Å². The summed E-state index contributed by atoms with van der Waals surface area (Å²) in [7, 11) is -2.02. The maximum Gasteiger partial charge on any atom is 0.326 e. The van der Waals surface area contributed by atoms with Crippen LogP contribution in [0.2, 0.25) is 0 Å². The van der Waals surface area contributed by atoms with Gasteiger partial charge in [0.1, 0.15) is 17.0 Å². The van der Waals surface area contributed by atoms with Crippen LogP contribution in [0.15, 0.2) is 42.5 Å². The van der Waals surface area contributed by atoms with Crippen LogP contribution in [0.3, 0.4) is 0 Å². The molecule has 1 saturated carbocycles. The van der Waals surface area contributed by atoms with Gasteiger partial charge < -0.3 is 20.1 Å². The highest BCUT2D eigenvalue weighted by Gasteiger charge is 2.57. The van der Waals surface area contributed by atoms with Crippen molar-refractivity contribution in [3.05, 3.63) is 42.5 Å². The summed E-state index contributed by atoms with van der Waals surface area (Å²) in [6.45, 7) is 4.85. The molecule has 1 atom stereocenters. The van der Waals surface area contributed by atoms with E-state index in [1.165, 1.54) is 37.4 Å². The van der Waals surface area contributed by atoms with Crippen LogP contribution >= 0.6 is 0 Å². The van der Waals surface area contributed by atoms with Crippen LogP contribution < -0.4 is 24.8 Å². The minimum atomic E-state index is -3.46. The van der Waals surface area contributed by atoms with Crippen LogP contribution in [0.4, 0.5) is 16.2 Å². The van der Waals surface area contributed by atoms with Gasteiger partial charge in [-0.05, 0) is 49.2 Å². The van der Waals surface area contributed by atoms with Crippen LogP contribution in [0.5, 0.6) is 17.2 Å². The highest BCUT2D eigenvalue weighted by molar-refractivity contribution is 7.92. The van der Waals surface area contributed by atoms with Crippen molar-refractivity contribution >= 4 is 45.0 Å². The van der Waals surface area contributed by atoms with Crippen molar-refractivity contribution in [2.45, 2.75) is 64.5 Å². The number of Topliss-reactive ketones (excluding diaryl/α,β-unsaturated/α-hetero) is 1. The van der Waals surface area contributed by atoms with Crippen molar-refractivity contribution in [1.82, 2.24) is 10.2 Å². The summed E-state index contributed by atoms with van der Waals surface area (Å²) in [6, 6.07) is 8.22. The van der Waals surface area contributed by atoms with Crippen molar-refractivity contribution < 1.29 is 37.1 Å². The predicted octanol–water partition coefficient (Wildman–Crippen LogP) is 4.04. The lowest BCUT2D eigenvalue weighted by atomic mass is 9.81. The SMILES string of the molecule is COc1ccc(Oc2ccc(NS(C)(=O)=O)cc2)c(NC(=O)C(C(=O)C(C)(C)C)N2C(=O)NC3(CCCCC3)C2=O)c1. The first-order valence-corrected chi connectivity index (χ1v) is 15.5. The molecule has 1 aliphatic heterocycles. The Balaban J connectivity index is 1.65. The summed E-state index contributed by atoms with van der Waals surface area (Å²) >= 11 is 0. The molecule has 4 rings (SSSR count). The summed E-state index contributed by atoms with van der Waals surface area (Å²) in [5.74, 6) is -1.18. The van der Waals surface area contributed by atoms with E-state index in [-0.39, 0.29) is 11.4 Å². The first kappa shape index (κ1) is 30.8. The lowest BCUT2D eigenvalue weighted by molar-refractivity contribution is -0.145. The highest BCUT2D eigenvalue weighted by Crippen LogP contribution is 2.37. The molecule has 0 radical (unpaired) electrons. The third-order valence-corrected chi connectivity index (χ3v) is 7.83. The number of hydrogen-bond donors (Lipinski definition) is 3. The number of imide groups is 1. The van der Waals surface area contributed by atoms with Gasteiger partial charge in [-0.1, -0.05) is 40.0 Å². The molecular formula is C29H36N4O8S. The van der Waals surface area contributed by atoms with Gasteiger partial charge in [-0.15, -0.1) is 0 Å². The summed E-state index contributed by atoms with van der Waals surface area (Å²) in [5.41, 5.74) is -1.71. The minimum Gasteiger partial charge on any atom is -0.497 e. The summed E-state index contributed by atoms with van der Waals surface area (Å²) in [5, 5.41) is 5.45. The van der Waals surface area contributed by atoms with Crippen molar-refractivity contribution in [2.75, 3.05) is 23.4 Å². The first-order chi connectivity index (χ1) is 19.6. The fourth-order valence-electron chi connectivity index (χ4n) is 5.09. The molecule has 13 heteroatoms. The molecular weight excluding hydrogens is 564 g/mol. The molecule has 0 aromatic heterocycles. The summed E-state index contributed by atoms with van der Waals surface area (Å²) in [6.07, 6.45) is 4.36. The summed E-state index contributed by atoms with van der Waals surface area (Å²) < 4.78 is 36.6. The zero-order chi connectivity index (χ0) is 30.9. The molecule has 1 aliphatic carbocycles. The minimum absolute atomic E-state index is 0.129. The van der Waals surface area contributed by atoms with E-state index in [4.69, 9.17) is 9.47 Å². The van der Waals surface area contributed by atoms with Crippen LogP contribution in [0.25, 0.3) is 0 Å². The third-order valence-electron chi connectivity index (χ3n) is 7.22. The van der Waals surface area contributed by atoms with Crippen LogP contribution in [0, 0.1) is 5.41 Å². The quantitative estimate of drug-likeness (QED) is 0.287. The molecule has 12 nitrogen and oxygen atoms in total. The Kier molecular flexibility index (Phi) is 8.53. The van der Waals surface area contributed by atoms with E-state index in [0.717, 1.165) is 30.4 Å². The number of ketones is 1. The molecule has 1 spiro atoms. The standard InChI is InChI=1S/C29H36N4O8S/c1-28(2,3)24(34)23(33-26(36)29(31-27(33)37)15-7-6-8-16-29)25(35)30-21-17-20(40-4)13-14-22(21)41-19-11-9-18(10-12-19)32-42(5,38)39/h9-14,17,23,32H,6-8,15-16H2,1-5H3,(H,30,35)(H,31,37). The summed E-state index contributed by atoms with van der Waals surface area (Å²) in [4.78, 5) is 55.1. The molecule has 2 aromatic carbocycles. The van der Waals surface area contributed by atoms with Gasteiger partial charge >= 0.3 is 6.03 Å². The number of nitrogens with zero attached hydrogens (tertiary/aromatic N) is 1. The molecule has 42 heavy (non-hydrogen) atoms. The van der Waals surface area contributed by atoms with Gasteiger partial charge in [-0.25, -0.2) is 18.1 Å². The van der Waals surface area contributed by atoms with Crippen LogP contribution in [-0.4, -0.2) is 61.9 Å². The number of urea groups is 1. The average molecular weight is 601 g/mol. The van der Waals surface area contributed by atoms with Gasteiger partial charge in [0.2, 0.25) is 10.0 Å². The van der Waals surface area contributed by atoms with E-state index >= 15 is 0 Å². The zero-order valence-electron chi connectivity index (χ0n) is 24.3. The normalized spacial score (nSPS) is 17.4. The monoisotopic (exact) mass is 600 g/mol. The number of nitrogens with one attached hydrogen (secondary N) is 3. The molecule has 226 valence electrons. The Morgan fingerprint density at radius 1 is 1.00 bits per heavy atom. The van der Waals surface area contributed by atoms with Gasteiger partial charge in [0, 0.05) is 17.2 Å².